The summed E-state index contributed by atoms with van der Waals surface area (Å²) in [6, 6.07) is 1.81. The largest absolute Gasteiger partial charge is 0.450 e. The van der Waals surface area contributed by atoms with Gasteiger partial charge in [-0.1, -0.05) is 0 Å². The van der Waals surface area contributed by atoms with E-state index in [-0.39, 0.29) is 11.6 Å². The number of primary amides is 1. The number of nitrogens with two attached hydrogens (primary N) is 1. The number of fused-ring (bicyclic) bond motifs is 2. The molecule has 0 aromatic carbocycles. The van der Waals surface area contributed by atoms with E-state index in [0.717, 1.165) is 47.5 Å². The van der Waals surface area contributed by atoms with Gasteiger partial charge in [0, 0.05) is 16.3 Å². The highest BCUT2D eigenvalue weighted by Crippen LogP contribution is 2.37. The molecule has 0 unspecified atom stereocenters. The van der Waals surface area contributed by atoms with Crippen molar-refractivity contribution in [3.63, 3.8) is 0 Å². The van der Waals surface area contributed by atoms with Crippen LogP contribution in [0.1, 0.15) is 55.6 Å². The third kappa shape index (κ3) is 3.75. The summed E-state index contributed by atoms with van der Waals surface area (Å²) in [6.45, 7) is 3.09. The van der Waals surface area contributed by atoms with E-state index in [1.165, 1.54) is 15.9 Å². The van der Waals surface area contributed by atoms with Crippen LogP contribution in [0.2, 0.25) is 0 Å². The average Bonchev–Trinajstić information content (AvgIpc) is 3.27. The SMILES string of the molecule is Cc1cc(C)n2nc(C(=O)OCC(=O)Nc3sc4c(c3C(N)=O)CCCC4)nc2n1. The van der Waals surface area contributed by atoms with Gasteiger partial charge in [-0.05, 0) is 51.2 Å². The number of carbonyl (C=O) groups is 3. The number of rotatable bonds is 5. The highest BCUT2D eigenvalue weighted by atomic mass is 32.1. The van der Waals surface area contributed by atoms with Gasteiger partial charge in [0.15, 0.2) is 6.61 Å². The number of nitrogens with one attached hydrogen (secondary N) is 1. The number of thiophene rings is 1. The van der Waals surface area contributed by atoms with Crippen LogP contribution in [-0.4, -0.2) is 44.0 Å². The molecule has 1 aliphatic carbocycles. The Kier molecular flexibility index (Phi) is 5.20. The number of amides is 2. The fourth-order valence-electron chi connectivity index (χ4n) is 3.53. The van der Waals surface area contributed by atoms with Crippen LogP contribution in [0.4, 0.5) is 5.00 Å². The number of esters is 1. The van der Waals surface area contributed by atoms with Gasteiger partial charge in [0.05, 0.1) is 5.56 Å². The maximum absolute atomic E-state index is 12.3. The fourth-order valence-corrected chi connectivity index (χ4v) is 4.84. The Morgan fingerprint density at radius 2 is 2.00 bits per heavy atom. The molecule has 10 nitrogen and oxygen atoms in total. The van der Waals surface area contributed by atoms with Crippen molar-refractivity contribution in [2.75, 3.05) is 11.9 Å². The molecule has 11 heteroatoms. The maximum atomic E-state index is 12.3. The molecule has 156 valence electrons. The molecule has 0 aliphatic heterocycles. The first-order valence-corrected chi connectivity index (χ1v) is 10.3. The highest BCUT2D eigenvalue weighted by molar-refractivity contribution is 7.17. The minimum atomic E-state index is -0.840. The summed E-state index contributed by atoms with van der Waals surface area (Å²) >= 11 is 1.35. The first-order chi connectivity index (χ1) is 14.3. The van der Waals surface area contributed by atoms with Crippen molar-refractivity contribution < 1.29 is 19.1 Å². The minimum Gasteiger partial charge on any atom is -0.450 e. The predicted molar refractivity (Wildman–Crippen MR) is 109 cm³/mol. The highest BCUT2D eigenvalue weighted by Gasteiger charge is 2.25. The second kappa shape index (κ2) is 7.82. The zero-order valence-corrected chi connectivity index (χ0v) is 17.3. The van der Waals surface area contributed by atoms with Crippen LogP contribution in [-0.2, 0) is 22.4 Å². The Balaban J connectivity index is 1.44. The molecular weight excluding hydrogens is 408 g/mol. The molecule has 3 aromatic rings. The van der Waals surface area contributed by atoms with E-state index in [1.807, 2.05) is 13.8 Å². The zero-order chi connectivity index (χ0) is 21.4. The van der Waals surface area contributed by atoms with Crippen molar-refractivity contribution in [1.82, 2.24) is 19.6 Å². The molecular formula is C19H20N6O4S. The monoisotopic (exact) mass is 428 g/mol. The molecule has 1 aliphatic rings. The van der Waals surface area contributed by atoms with Crippen molar-refractivity contribution in [3.8, 4) is 0 Å². The number of nitrogens with zero attached hydrogens (tertiary/aromatic N) is 4. The van der Waals surface area contributed by atoms with Gasteiger partial charge in [0.25, 0.3) is 23.4 Å². The summed E-state index contributed by atoms with van der Waals surface area (Å²) in [6.07, 6.45) is 3.64. The Bertz CT molecular complexity index is 1180. The van der Waals surface area contributed by atoms with Crippen LogP contribution in [0, 0.1) is 13.8 Å². The minimum absolute atomic E-state index is 0.187. The van der Waals surface area contributed by atoms with E-state index in [1.54, 1.807) is 6.07 Å². The number of ether oxygens (including phenoxy) is 1. The van der Waals surface area contributed by atoms with E-state index >= 15 is 0 Å². The smallest absolute Gasteiger partial charge is 0.378 e. The summed E-state index contributed by atoms with van der Waals surface area (Å²) < 4.78 is 6.47. The Morgan fingerprint density at radius 3 is 2.77 bits per heavy atom. The van der Waals surface area contributed by atoms with Crippen molar-refractivity contribution >= 4 is 39.9 Å². The molecule has 0 saturated carbocycles. The maximum Gasteiger partial charge on any atom is 0.378 e. The van der Waals surface area contributed by atoms with E-state index in [2.05, 4.69) is 20.4 Å². The first kappa shape index (κ1) is 20.0. The molecule has 3 aromatic heterocycles. The normalized spacial score (nSPS) is 13.1. The van der Waals surface area contributed by atoms with E-state index in [0.29, 0.717) is 10.6 Å². The van der Waals surface area contributed by atoms with Gasteiger partial charge in [-0.2, -0.15) is 4.98 Å². The molecule has 0 fully saturated rings. The second-order valence-electron chi connectivity index (χ2n) is 7.09. The fraction of sp³-hybridized carbons (Fsp3) is 0.368. The van der Waals surface area contributed by atoms with Gasteiger partial charge in [-0.25, -0.2) is 14.3 Å². The third-order valence-electron chi connectivity index (χ3n) is 4.81. The first-order valence-electron chi connectivity index (χ1n) is 9.46. The molecule has 0 radical (unpaired) electrons. The van der Waals surface area contributed by atoms with Crippen LogP contribution in [0.3, 0.4) is 0 Å². The van der Waals surface area contributed by atoms with Gasteiger partial charge >= 0.3 is 5.97 Å². The van der Waals surface area contributed by atoms with Crippen molar-refractivity contribution in [3.05, 3.63) is 39.3 Å². The predicted octanol–water partition coefficient (Wildman–Crippen LogP) is 1.58. The summed E-state index contributed by atoms with van der Waals surface area (Å²) in [5, 5.41) is 7.12. The van der Waals surface area contributed by atoms with E-state index < -0.39 is 24.4 Å². The summed E-state index contributed by atoms with van der Waals surface area (Å²) in [4.78, 5) is 45.8. The van der Waals surface area contributed by atoms with E-state index in [4.69, 9.17) is 10.5 Å². The van der Waals surface area contributed by atoms with Crippen molar-refractivity contribution in [1.29, 1.82) is 0 Å². The quantitative estimate of drug-likeness (QED) is 0.588. The summed E-state index contributed by atoms with van der Waals surface area (Å²) in [5.41, 5.74) is 8.30. The lowest BCUT2D eigenvalue weighted by Crippen LogP contribution is -2.23. The lowest BCUT2D eigenvalue weighted by molar-refractivity contribution is -0.119. The summed E-state index contributed by atoms with van der Waals surface area (Å²) in [7, 11) is 0. The second-order valence-corrected chi connectivity index (χ2v) is 8.19. The average molecular weight is 428 g/mol. The Hall–Kier alpha value is -3.34. The molecule has 3 N–H and O–H groups in total. The van der Waals surface area contributed by atoms with Crippen LogP contribution in [0.5, 0.6) is 0 Å². The molecule has 0 atom stereocenters. The standard InChI is InChI=1S/C19H20N6O4S/c1-9-7-10(2)25-19(21-9)23-16(24-25)18(28)29-8-13(26)22-17-14(15(20)27)11-5-3-4-6-12(11)30-17/h7H,3-6,8H2,1-2H3,(H2,20,27)(H,22,26). The molecule has 0 bridgehead atoms. The number of carbonyl (C=O) groups excluding carboxylic acids is 3. The van der Waals surface area contributed by atoms with E-state index in [9.17, 15) is 14.4 Å². The lowest BCUT2D eigenvalue weighted by atomic mass is 9.95. The molecule has 4 rings (SSSR count). The van der Waals surface area contributed by atoms with Gasteiger partial charge in [-0.3, -0.25) is 9.59 Å². The molecule has 0 saturated heterocycles. The molecule has 2 amide bonds. The van der Waals surface area contributed by atoms with Crippen LogP contribution < -0.4 is 11.1 Å². The molecule has 3 heterocycles. The zero-order valence-electron chi connectivity index (χ0n) is 16.5. The lowest BCUT2D eigenvalue weighted by Gasteiger charge is -2.11. The van der Waals surface area contributed by atoms with Crippen LogP contribution in [0.25, 0.3) is 5.78 Å². The molecule has 30 heavy (non-hydrogen) atoms. The van der Waals surface area contributed by atoms with Gasteiger partial charge in [0.1, 0.15) is 5.00 Å². The number of aryl methyl sites for hydroxylation is 3. The molecule has 0 spiro atoms. The van der Waals surface area contributed by atoms with Gasteiger partial charge < -0.3 is 15.8 Å². The van der Waals surface area contributed by atoms with Crippen LogP contribution in [0.15, 0.2) is 6.07 Å². The summed E-state index contributed by atoms with van der Waals surface area (Å²) in [5.74, 6) is -1.90. The van der Waals surface area contributed by atoms with Crippen molar-refractivity contribution in [2.45, 2.75) is 39.5 Å². The van der Waals surface area contributed by atoms with Crippen LogP contribution >= 0.6 is 11.3 Å². The number of hydrogen-bond donors (Lipinski definition) is 2. The third-order valence-corrected chi connectivity index (χ3v) is 6.01. The van der Waals surface area contributed by atoms with Gasteiger partial charge in [-0.15, -0.1) is 16.4 Å². The number of anilines is 1. The Labute approximate surface area is 175 Å². The number of hydrogen-bond acceptors (Lipinski definition) is 8. The number of aromatic nitrogens is 4. The van der Waals surface area contributed by atoms with Gasteiger partial charge in [0.2, 0.25) is 0 Å². The Morgan fingerprint density at radius 1 is 1.23 bits per heavy atom. The topological polar surface area (TPSA) is 142 Å². The van der Waals surface area contributed by atoms with Crippen molar-refractivity contribution in [2.24, 2.45) is 5.73 Å².